The molecule has 1 aromatic heterocycles. The molecule has 366 valence electrons. The van der Waals surface area contributed by atoms with E-state index >= 15 is 0 Å². The van der Waals surface area contributed by atoms with E-state index in [1.54, 1.807) is 6.08 Å². The summed E-state index contributed by atoms with van der Waals surface area (Å²) in [5.74, 6) is 1.78. The van der Waals surface area contributed by atoms with Crippen LogP contribution < -0.4 is 9.30 Å². The summed E-state index contributed by atoms with van der Waals surface area (Å²) in [4.78, 5) is 2.23. The molecule has 3 aromatic carbocycles. The average Bonchev–Trinajstić information content (AvgIpc) is 3.32. The Kier molecular flexibility index (Phi) is 33.1. The van der Waals surface area contributed by atoms with Crippen LogP contribution in [0, 0.1) is 0 Å². The number of ether oxygens (including phenoxy) is 2. The predicted molar refractivity (Wildman–Crippen MR) is 296 cm³/mol. The van der Waals surface area contributed by atoms with Crippen LogP contribution in [-0.4, -0.2) is 38.8 Å². The lowest BCUT2D eigenvalue weighted by molar-refractivity contribution is -0.697. The van der Waals surface area contributed by atoms with Crippen LogP contribution in [0.5, 0.6) is 5.75 Å². The molecular formula is C63H93N2O2+. The Labute approximate surface area is 411 Å². The number of hydrogen-bond donors (Lipinski definition) is 0. The van der Waals surface area contributed by atoms with Crippen molar-refractivity contribution in [3.63, 3.8) is 0 Å². The zero-order valence-electron chi connectivity index (χ0n) is 43.6. The maximum absolute atomic E-state index is 6.05. The van der Waals surface area contributed by atoms with E-state index in [4.69, 9.17) is 9.47 Å². The van der Waals surface area contributed by atoms with E-state index < -0.39 is 0 Å². The zero-order chi connectivity index (χ0) is 48.7. The molecule has 0 aliphatic rings. The minimum absolute atomic E-state index is 0.787. The lowest BCUT2D eigenvalue weighted by atomic mass is 9.96. The molecule has 4 aromatic rings. The molecule has 1 heterocycles. The quantitative estimate of drug-likeness (QED) is 0.0122. The third-order valence-corrected chi connectivity index (χ3v) is 11.6. The summed E-state index contributed by atoms with van der Waals surface area (Å²) in [5, 5.41) is 0. The molecule has 0 radical (unpaired) electrons. The van der Waals surface area contributed by atoms with Crippen molar-refractivity contribution in [1.29, 1.82) is 0 Å². The molecule has 0 aliphatic carbocycles. The van der Waals surface area contributed by atoms with Crippen molar-refractivity contribution in [2.75, 3.05) is 33.9 Å². The number of benzene rings is 3. The molecule has 0 aliphatic heterocycles. The fourth-order valence-corrected chi connectivity index (χ4v) is 7.66. The van der Waals surface area contributed by atoms with Gasteiger partial charge in [0.25, 0.3) is 0 Å². The Bertz CT molecular complexity index is 1920. The third kappa shape index (κ3) is 28.8. The van der Waals surface area contributed by atoms with Crippen molar-refractivity contribution in [3.05, 3.63) is 157 Å². The number of allylic oxidation sites excluding steroid dienone is 4. The minimum atomic E-state index is 0.787. The van der Waals surface area contributed by atoms with Gasteiger partial charge in [-0.05, 0) is 105 Å². The molecule has 4 rings (SSSR count). The molecule has 67 heavy (non-hydrogen) atoms. The average molecular weight is 910 g/mol. The van der Waals surface area contributed by atoms with Crippen LogP contribution in [0.4, 0.5) is 0 Å². The number of hydrogen-bond acceptors (Lipinski definition) is 3. The Balaban J connectivity index is 0.000000723. The number of pyridine rings is 1. The van der Waals surface area contributed by atoms with Crippen molar-refractivity contribution in [2.24, 2.45) is 0 Å². The van der Waals surface area contributed by atoms with Crippen LogP contribution >= 0.6 is 0 Å². The number of rotatable bonds is 32. The van der Waals surface area contributed by atoms with Crippen LogP contribution in [0.1, 0.15) is 179 Å². The van der Waals surface area contributed by atoms with Gasteiger partial charge >= 0.3 is 0 Å². The lowest BCUT2D eigenvalue weighted by Gasteiger charge is -2.11. The number of nitrogens with zero attached hydrogens (tertiary/aromatic N) is 2. The summed E-state index contributed by atoms with van der Waals surface area (Å²) in [7, 11) is 4.24. The highest BCUT2D eigenvalue weighted by molar-refractivity contribution is 5.90. The second-order valence-corrected chi connectivity index (χ2v) is 18.4. The number of unbranched alkanes of at least 4 members (excludes halogenated alkanes) is 16. The Morgan fingerprint density at radius 1 is 0.552 bits per heavy atom. The van der Waals surface area contributed by atoms with Crippen LogP contribution in [0.3, 0.4) is 0 Å². The van der Waals surface area contributed by atoms with Gasteiger partial charge < -0.3 is 14.4 Å². The fourth-order valence-electron chi connectivity index (χ4n) is 7.66. The maximum atomic E-state index is 6.05. The molecular weight excluding hydrogens is 817 g/mol. The predicted octanol–water partition coefficient (Wildman–Crippen LogP) is 18.0. The second kappa shape index (κ2) is 38.1. The summed E-state index contributed by atoms with van der Waals surface area (Å²) in [6.45, 7) is 25.5. The van der Waals surface area contributed by atoms with Crippen molar-refractivity contribution in [2.45, 2.75) is 163 Å². The Morgan fingerprint density at radius 2 is 0.985 bits per heavy atom. The van der Waals surface area contributed by atoms with Crippen LogP contribution in [0.15, 0.2) is 134 Å². The molecule has 0 unspecified atom stereocenters. The highest BCUT2D eigenvalue weighted by Gasteiger charge is 2.06. The SMILES string of the molecule is C=C(C)/C(=C\c1ccc(-c2ccc(/C=C/c3cc[n+](CCCN(C)C)cc3)cc2)cc1)c1ccc(OCCCCCCCCCCC)cc1.C=C(C)OCCCCCCCCCCC.C=CC. The van der Waals surface area contributed by atoms with Gasteiger partial charge in [-0.3, -0.25) is 0 Å². The summed E-state index contributed by atoms with van der Waals surface area (Å²) >= 11 is 0. The first-order valence-electron chi connectivity index (χ1n) is 26.1. The van der Waals surface area contributed by atoms with Crippen molar-refractivity contribution in [3.8, 4) is 16.9 Å². The maximum Gasteiger partial charge on any atom is 0.169 e. The molecule has 4 heteroatoms. The smallest absolute Gasteiger partial charge is 0.169 e. The van der Waals surface area contributed by atoms with E-state index in [-0.39, 0.29) is 0 Å². The van der Waals surface area contributed by atoms with Gasteiger partial charge in [-0.15, -0.1) is 6.58 Å². The van der Waals surface area contributed by atoms with Gasteiger partial charge in [0, 0.05) is 25.1 Å². The topological polar surface area (TPSA) is 25.6 Å². The molecule has 0 bridgehead atoms. The number of aryl methyl sites for hydroxylation is 1. The number of aromatic nitrogens is 1. The Morgan fingerprint density at radius 3 is 1.43 bits per heavy atom. The van der Waals surface area contributed by atoms with Crippen molar-refractivity contribution < 1.29 is 14.0 Å². The van der Waals surface area contributed by atoms with Crippen LogP contribution in [0.25, 0.3) is 34.9 Å². The van der Waals surface area contributed by atoms with Crippen molar-refractivity contribution >= 4 is 23.8 Å². The molecule has 4 nitrogen and oxygen atoms in total. The van der Waals surface area contributed by atoms with Crippen molar-refractivity contribution in [1.82, 2.24) is 4.90 Å². The highest BCUT2D eigenvalue weighted by atomic mass is 16.5. The van der Waals surface area contributed by atoms with Crippen LogP contribution in [-0.2, 0) is 11.3 Å². The van der Waals surface area contributed by atoms with Gasteiger partial charge in [0.2, 0.25) is 0 Å². The summed E-state index contributed by atoms with van der Waals surface area (Å²) in [6, 6.07) is 30.4. The Hall–Kier alpha value is -4.93. The summed E-state index contributed by atoms with van der Waals surface area (Å²) in [5.41, 5.74) is 9.33. The molecule has 0 atom stereocenters. The monoisotopic (exact) mass is 910 g/mol. The third-order valence-electron chi connectivity index (χ3n) is 11.6. The normalized spacial score (nSPS) is 11.1. The molecule has 0 amide bonds. The molecule has 0 spiro atoms. The van der Waals surface area contributed by atoms with Gasteiger partial charge in [0.15, 0.2) is 12.4 Å². The van der Waals surface area contributed by atoms with Gasteiger partial charge in [-0.25, -0.2) is 4.57 Å². The van der Waals surface area contributed by atoms with E-state index in [9.17, 15) is 0 Å². The standard InChI is InChI=1S/C46H59N2O.C14H28O.C3H6/c1-6-7-8-9-10-11-12-13-14-36-49-45-28-26-44(27-29-45)46(38(2)3)37-41-20-24-43(25-21-41)42-22-18-39(19-23-42)16-17-40-30-34-48(35-31-40)33-15-32-47(4)5;1-4-5-6-7-8-9-10-11-12-13-15-14(2)3;1-3-2/h16-31,34-35,37H,2,6-15,32-33,36H2,1,3-5H3;2,4-13H2,1,3H3;3H,1H2,2H3/q+1;;/b17-16+,46-37+;;. The van der Waals surface area contributed by atoms with Gasteiger partial charge in [-0.2, -0.15) is 0 Å². The largest absolute Gasteiger partial charge is 0.499 e. The van der Waals surface area contributed by atoms with E-state index in [1.165, 1.54) is 131 Å². The van der Waals surface area contributed by atoms with E-state index in [2.05, 4.69) is 180 Å². The molecule has 0 N–H and O–H groups in total. The minimum Gasteiger partial charge on any atom is -0.499 e. The van der Waals surface area contributed by atoms with Gasteiger partial charge in [0.05, 0.1) is 19.0 Å². The lowest BCUT2D eigenvalue weighted by Crippen LogP contribution is -2.34. The fraction of sp³-hybridized carbons (Fsp3) is 0.476. The van der Waals surface area contributed by atoms with E-state index in [0.29, 0.717) is 0 Å². The molecule has 0 fully saturated rings. The molecule has 0 saturated carbocycles. The van der Waals surface area contributed by atoms with Gasteiger partial charge in [-0.1, -0.05) is 214 Å². The molecule has 0 saturated heterocycles. The second-order valence-electron chi connectivity index (χ2n) is 18.4. The zero-order valence-corrected chi connectivity index (χ0v) is 43.6. The van der Waals surface area contributed by atoms with Crippen LogP contribution in [0.2, 0.25) is 0 Å². The first-order valence-corrected chi connectivity index (χ1v) is 26.1. The first kappa shape index (κ1) is 58.2. The van der Waals surface area contributed by atoms with E-state index in [1.807, 2.05) is 13.8 Å². The first-order chi connectivity index (χ1) is 32.6. The summed E-state index contributed by atoms with van der Waals surface area (Å²) in [6.07, 6.45) is 38.0. The van der Waals surface area contributed by atoms with E-state index in [0.717, 1.165) is 72.9 Å². The summed E-state index contributed by atoms with van der Waals surface area (Å²) < 4.78 is 13.6. The highest BCUT2D eigenvalue weighted by Crippen LogP contribution is 2.28. The van der Waals surface area contributed by atoms with Gasteiger partial charge in [0.1, 0.15) is 12.3 Å².